The highest BCUT2D eigenvalue weighted by Gasteiger charge is 2.51. The molecule has 0 aromatic heterocycles. The van der Waals surface area contributed by atoms with Crippen LogP contribution in [0.1, 0.15) is 33.6 Å². The first-order valence-corrected chi connectivity index (χ1v) is 10.6. The van der Waals surface area contributed by atoms with Gasteiger partial charge in [0.25, 0.3) is 29.1 Å². The lowest BCUT2D eigenvalue weighted by atomic mass is 9.85. The smallest absolute Gasteiger partial charge is 0.273 e. The molecule has 178 valence electrons. The van der Waals surface area contributed by atoms with E-state index in [2.05, 4.69) is 0 Å². The van der Waals surface area contributed by atoms with Crippen LogP contribution in [0.15, 0.2) is 60.7 Å². The van der Waals surface area contributed by atoms with E-state index < -0.39 is 51.7 Å². The number of imide groups is 1. The number of benzene rings is 2. The van der Waals surface area contributed by atoms with E-state index in [0.717, 1.165) is 29.3 Å². The fraction of sp³-hybridized carbons (Fsp3) is 0.217. The summed E-state index contributed by atoms with van der Waals surface area (Å²) in [4.78, 5) is 73.1. The number of nitro groups is 2. The molecule has 1 aliphatic carbocycles. The van der Waals surface area contributed by atoms with Gasteiger partial charge in [-0.3, -0.25) is 39.4 Å². The average Bonchev–Trinajstić information content (AvgIpc) is 3.12. The molecular formula is C23H18N4O8. The third-order valence-electron chi connectivity index (χ3n) is 5.98. The molecule has 2 atom stereocenters. The molecule has 4 rings (SSSR count). The van der Waals surface area contributed by atoms with Gasteiger partial charge in [0, 0.05) is 35.4 Å². The molecule has 0 radical (unpaired) electrons. The lowest BCUT2D eigenvalue weighted by Crippen LogP contribution is -2.52. The number of Topliss-reactive ketones (excluding diaryl/α,β-unsaturated/α-hetero) is 1. The highest BCUT2D eigenvalue weighted by Crippen LogP contribution is 2.36. The fourth-order valence-electron chi connectivity index (χ4n) is 4.13. The van der Waals surface area contributed by atoms with E-state index in [9.17, 15) is 39.4 Å². The molecule has 2 aliphatic rings. The number of carbonyl (C=O) groups is 4. The van der Waals surface area contributed by atoms with Crippen molar-refractivity contribution in [1.82, 2.24) is 10.0 Å². The predicted octanol–water partition coefficient (Wildman–Crippen LogP) is 2.69. The van der Waals surface area contributed by atoms with E-state index in [1.54, 1.807) is 12.2 Å². The van der Waals surface area contributed by atoms with Crippen molar-refractivity contribution in [2.45, 2.75) is 12.8 Å². The first-order chi connectivity index (χ1) is 16.7. The molecule has 0 spiro atoms. The van der Waals surface area contributed by atoms with Crippen LogP contribution < -0.4 is 0 Å². The van der Waals surface area contributed by atoms with Crippen molar-refractivity contribution >= 4 is 34.9 Å². The maximum absolute atomic E-state index is 13.4. The minimum Gasteiger partial charge on any atom is -0.292 e. The largest absolute Gasteiger partial charge is 0.292 e. The zero-order chi connectivity index (χ0) is 25.3. The molecule has 0 bridgehead atoms. The van der Waals surface area contributed by atoms with Crippen molar-refractivity contribution < 1.29 is 29.0 Å². The zero-order valence-electron chi connectivity index (χ0n) is 18.1. The van der Waals surface area contributed by atoms with Crippen molar-refractivity contribution in [1.29, 1.82) is 0 Å². The summed E-state index contributed by atoms with van der Waals surface area (Å²) in [7, 11) is 0. The number of nitro benzene ring substituents is 2. The molecule has 35 heavy (non-hydrogen) atoms. The maximum Gasteiger partial charge on any atom is 0.273 e. The van der Waals surface area contributed by atoms with E-state index in [1.807, 2.05) is 0 Å². The molecule has 2 aromatic carbocycles. The lowest BCUT2D eigenvalue weighted by Gasteiger charge is -2.30. The summed E-state index contributed by atoms with van der Waals surface area (Å²) in [6, 6.07) is 9.22. The van der Waals surface area contributed by atoms with E-state index in [1.165, 1.54) is 24.3 Å². The van der Waals surface area contributed by atoms with Gasteiger partial charge in [0.05, 0.1) is 21.7 Å². The van der Waals surface area contributed by atoms with Crippen LogP contribution in [0.3, 0.4) is 0 Å². The van der Waals surface area contributed by atoms with Gasteiger partial charge in [-0.05, 0) is 37.1 Å². The molecule has 1 heterocycles. The predicted molar refractivity (Wildman–Crippen MR) is 119 cm³/mol. The van der Waals surface area contributed by atoms with Gasteiger partial charge in [-0.25, -0.2) is 5.01 Å². The molecule has 0 saturated carbocycles. The minimum atomic E-state index is -0.872. The van der Waals surface area contributed by atoms with Crippen molar-refractivity contribution in [2.75, 3.05) is 6.54 Å². The van der Waals surface area contributed by atoms with Gasteiger partial charge in [0.1, 0.15) is 6.54 Å². The zero-order valence-corrected chi connectivity index (χ0v) is 18.1. The monoisotopic (exact) mass is 478 g/mol. The van der Waals surface area contributed by atoms with Crippen LogP contribution in [0.5, 0.6) is 0 Å². The number of allylic oxidation sites excluding steroid dienone is 2. The van der Waals surface area contributed by atoms with Gasteiger partial charge in [0.2, 0.25) is 0 Å². The molecule has 1 aliphatic heterocycles. The third kappa shape index (κ3) is 4.40. The normalized spacial score (nSPS) is 18.8. The molecule has 1 saturated heterocycles. The molecule has 0 N–H and O–H groups in total. The van der Waals surface area contributed by atoms with Crippen molar-refractivity contribution in [3.8, 4) is 0 Å². The van der Waals surface area contributed by atoms with Crippen LogP contribution in [0.4, 0.5) is 11.4 Å². The number of ketones is 1. The summed E-state index contributed by atoms with van der Waals surface area (Å²) in [6.07, 6.45) is 4.20. The standard InChI is InChI=1S/C23H18N4O8/c28-20(14-5-9-16(10-6-14)26(32)33)13-24(21(29)15-7-11-17(12-8-15)27(34)35)25-22(30)18-3-1-2-4-19(18)23(25)31/h1-2,5-12,18-19H,3-4,13H2/t18-,19-/m1/s1. The molecule has 12 heteroatoms. The Morgan fingerprint density at radius 3 is 1.66 bits per heavy atom. The first-order valence-electron chi connectivity index (χ1n) is 10.6. The highest BCUT2D eigenvalue weighted by molar-refractivity contribution is 6.09. The summed E-state index contributed by atoms with van der Waals surface area (Å²) in [5.41, 5.74) is -0.529. The molecule has 12 nitrogen and oxygen atoms in total. The van der Waals surface area contributed by atoms with Gasteiger partial charge >= 0.3 is 0 Å². The number of rotatable bonds is 7. The Bertz CT molecular complexity index is 1240. The summed E-state index contributed by atoms with van der Waals surface area (Å²) in [5.74, 6) is -4.08. The third-order valence-corrected chi connectivity index (χ3v) is 5.98. The van der Waals surface area contributed by atoms with Crippen LogP contribution in [-0.4, -0.2) is 49.9 Å². The quantitative estimate of drug-likeness (QED) is 0.193. The number of amides is 3. The van der Waals surface area contributed by atoms with Crippen LogP contribution in [0.2, 0.25) is 0 Å². The van der Waals surface area contributed by atoms with Crippen LogP contribution in [-0.2, 0) is 9.59 Å². The number of hydrogen-bond donors (Lipinski definition) is 0. The Hall–Kier alpha value is -4.74. The van der Waals surface area contributed by atoms with Crippen molar-refractivity contribution in [2.24, 2.45) is 11.8 Å². The molecular weight excluding hydrogens is 460 g/mol. The minimum absolute atomic E-state index is 0.0373. The van der Waals surface area contributed by atoms with E-state index in [0.29, 0.717) is 17.9 Å². The number of hydrazine groups is 1. The fourth-order valence-corrected chi connectivity index (χ4v) is 4.13. The van der Waals surface area contributed by atoms with Gasteiger partial charge in [-0.1, -0.05) is 12.2 Å². The molecule has 2 aromatic rings. The van der Waals surface area contributed by atoms with Crippen molar-refractivity contribution in [3.05, 3.63) is 92.0 Å². The summed E-state index contributed by atoms with van der Waals surface area (Å²) in [6.45, 7) is -0.696. The van der Waals surface area contributed by atoms with Crippen LogP contribution in [0.25, 0.3) is 0 Å². The van der Waals surface area contributed by atoms with Gasteiger partial charge in [-0.2, -0.15) is 5.01 Å². The molecule has 3 amide bonds. The Labute approximate surface area is 197 Å². The van der Waals surface area contributed by atoms with E-state index >= 15 is 0 Å². The summed E-state index contributed by atoms with van der Waals surface area (Å²) >= 11 is 0. The second-order valence-electron chi connectivity index (χ2n) is 8.04. The summed E-state index contributed by atoms with van der Waals surface area (Å²) in [5, 5.41) is 23.3. The maximum atomic E-state index is 13.4. The molecule has 0 unspecified atom stereocenters. The van der Waals surface area contributed by atoms with Crippen LogP contribution >= 0.6 is 0 Å². The van der Waals surface area contributed by atoms with E-state index in [-0.39, 0.29) is 22.5 Å². The highest BCUT2D eigenvalue weighted by atomic mass is 16.6. The SMILES string of the molecule is O=C(CN(C(=O)c1ccc([N+](=O)[O-])cc1)N1C(=O)[C@@H]2CC=CC[C@H]2C1=O)c1ccc([N+](=O)[O-])cc1. The van der Waals surface area contributed by atoms with E-state index in [4.69, 9.17) is 0 Å². The average molecular weight is 478 g/mol. The topological polar surface area (TPSA) is 161 Å². The number of hydrogen-bond acceptors (Lipinski definition) is 8. The van der Waals surface area contributed by atoms with Gasteiger partial charge < -0.3 is 0 Å². The first kappa shape index (κ1) is 23.4. The number of non-ortho nitro benzene ring substituents is 2. The number of fused-ring (bicyclic) bond motifs is 1. The Morgan fingerprint density at radius 1 is 0.800 bits per heavy atom. The second kappa shape index (κ2) is 9.25. The molecule has 1 fully saturated rings. The number of nitrogens with zero attached hydrogens (tertiary/aromatic N) is 4. The van der Waals surface area contributed by atoms with Crippen molar-refractivity contribution in [3.63, 3.8) is 0 Å². The number of carbonyl (C=O) groups excluding carboxylic acids is 4. The second-order valence-corrected chi connectivity index (χ2v) is 8.04. The van der Waals surface area contributed by atoms with Gasteiger partial charge in [-0.15, -0.1) is 0 Å². The Balaban J connectivity index is 1.67. The lowest BCUT2D eigenvalue weighted by molar-refractivity contribution is -0.385. The Kier molecular flexibility index (Phi) is 6.19. The summed E-state index contributed by atoms with van der Waals surface area (Å²) < 4.78 is 0. The van der Waals surface area contributed by atoms with Crippen LogP contribution in [0, 0.1) is 32.1 Å². The Morgan fingerprint density at radius 2 is 1.23 bits per heavy atom. The van der Waals surface area contributed by atoms with Gasteiger partial charge in [0.15, 0.2) is 5.78 Å².